The summed E-state index contributed by atoms with van der Waals surface area (Å²) in [6.07, 6.45) is -9.69. The van der Waals surface area contributed by atoms with Gasteiger partial charge in [0.1, 0.15) is 17.3 Å². The smallest absolute Gasteiger partial charge is 0.416 e. The van der Waals surface area contributed by atoms with Gasteiger partial charge in [-0.15, -0.1) is 0 Å². The van der Waals surface area contributed by atoms with Crippen molar-refractivity contribution in [1.29, 1.82) is 0 Å². The van der Waals surface area contributed by atoms with Crippen LogP contribution in [0.3, 0.4) is 0 Å². The zero-order valence-electron chi connectivity index (χ0n) is 15.9. The highest BCUT2D eigenvalue weighted by Gasteiger charge is 2.31. The van der Waals surface area contributed by atoms with E-state index in [0.29, 0.717) is 18.2 Å². The van der Waals surface area contributed by atoms with E-state index in [1.165, 1.54) is 0 Å². The zero-order valence-corrected chi connectivity index (χ0v) is 15.9. The van der Waals surface area contributed by atoms with E-state index in [1.807, 2.05) is 0 Å². The van der Waals surface area contributed by atoms with Gasteiger partial charge in [-0.05, 0) is 55.7 Å². The number of hydrogen-bond acceptors (Lipinski definition) is 3. The van der Waals surface area contributed by atoms with Gasteiger partial charge in [-0.2, -0.15) is 26.3 Å². The highest BCUT2D eigenvalue weighted by Crippen LogP contribution is 2.35. The highest BCUT2D eigenvalue weighted by molar-refractivity contribution is 6.06. The molecular weight excluding hydrogens is 435 g/mol. The molecule has 0 aliphatic rings. The lowest BCUT2D eigenvalue weighted by Crippen LogP contribution is -2.15. The van der Waals surface area contributed by atoms with Gasteiger partial charge in [-0.1, -0.05) is 0 Å². The number of benzene rings is 2. The Morgan fingerprint density at radius 1 is 0.968 bits per heavy atom. The van der Waals surface area contributed by atoms with Gasteiger partial charge >= 0.3 is 12.4 Å². The number of ether oxygens (including phenoxy) is 1. The summed E-state index contributed by atoms with van der Waals surface area (Å²) < 4.78 is 94.2. The molecule has 0 aromatic heterocycles. The van der Waals surface area contributed by atoms with Crippen LogP contribution in [0.1, 0.15) is 41.6 Å². The molecule has 0 heterocycles. The van der Waals surface area contributed by atoms with Crippen LogP contribution in [0.4, 0.5) is 36.4 Å². The number of hydrogen-bond donors (Lipinski definition) is 2. The van der Waals surface area contributed by atoms with E-state index < -0.39 is 53.1 Å². The van der Waals surface area contributed by atoms with E-state index in [2.05, 4.69) is 5.32 Å². The van der Waals surface area contributed by atoms with Gasteiger partial charge in [0.05, 0.1) is 23.4 Å². The zero-order chi connectivity index (χ0) is 23.2. The van der Waals surface area contributed by atoms with Crippen molar-refractivity contribution in [2.75, 3.05) is 11.9 Å². The van der Waals surface area contributed by atoms with E-state index in [9.17, 15) is 40.6 Å². The van der Waals surface area contributed by atoms with E-state index in [-0.39, 0.29) is 31.6 Å². The first-order chi connectivity index (χ1) is 14.4. The minimum Gasteiger partial charge on any atom is -0.507 e. The first-order valence-electron chi connectivity index (χ1n) is 9.07. The Balaban J connectivity index is 2.13. The fraction of sp³-hybridized carbons (Fsp3) is 0.350. The topological polar surface area (TPSA) is 58.6 Å². The van der Waals surface area contributed by atoms with Crippen molar-refractivity contribution < 1.29 is 45.4 Å². The standard InChI is InChI=1S/C20H18F7NO3/c21-13-5-6-16(29)14(11-13)18(30)28-15-10-12(20(25,26)27)4-7-17(15)31-9-3-1-2-8-19(22,23)24/h4-7,10-11,29H,1-3,8-9H2,(H,28,30). The number of phenolic OH excluding ortho intramolecular Hbond substituents is 1. The third-order valence-corrected chi connectivity index (χ3v) is 4.12. The average molecular weight is 453 g/mol. The summed E-state index contributed by atoms with van der Waals surface area (Å²) in [5, 5.41) is 11.8. The largest absolute Gasteiger partial charge is 0.507 e. The summed E-state index contributed by atoms with van der Waals surface area (Å²) in [5.74, 6) is -2.67. The second kappa shape index (κ2) is 9.88. The maximum Gasteiger partial charge on any atom is 0.416 e. The molecule has 2 aromatic carbocycles. The predicted molar refractivity (Wildman–Crippen MR) is 97.5 cm³/mol. The first kappa shape index (κ1) is 24.3. The fourth-order valence-electron chi connectivity index (χ4n) is 2.60. The van der Waals surface area contributed by atoms with E-state index >= 15 is 0 Å². The van der Waals surface area contributed by atoms with Crippen molar-refractivity contribution in [1.82, 2.24) is 0 Å². The maximum absolute atomic E-state index is 13.4. The Labute approximate surface area is 172 Å². The van der Waals surface area contributed by atoms with Crippen LogP contribution in [0.15, 0.2) is 36.4 Å². The van der Waals surface area contributed by atoms with Crippen LogP contribution in [0, 0.1) is 5.82 Å². The summed E-state index contributed by atoms with van der Waals surface area (Å²) >= 11 is 0. The number of alkyl halides is 6. The Bertz CT molecular complexity index is 911. The molecule has 0 spiro atoms. The van der Waals surface area contributed by atoms with E-state index in [0.717, 1.165) is 18.2 Å². The Morgan fingerprint density at radius 2 is 1.68 bits per heavy atom. The summed E-state index contributed by atoms with van der Waals surface area (Å²) in [7, 11) is 0. The molecule has 31 heavy (non-hydrogen) atoms. The number of amides is 1. The molecule has 0 saturated carbocycles. The number of carbonyl (C=O) groups is 1. The summed E-state index contributed by atoms with van der Waals surface area (Å²) in [6.45, 7) is -0.0999. The number of unbranched alkanes of at least 4 members (excludes halogenated alkanes) is 2. The Morgan fingerprint density at radius 3 is 2.32 bits per heavy atom. The number of carbonyl (C=O) groups excluding carboxylic acids is 1. The SMILES string of the molecule is O=C(Nc1cc(C(F)(F)F)ccc1OCCCCCC(F)(F)F)c1cc(F)ccc1O. The van der Waals surface area contributed by atoms with Crippen LogP contribution in [-0.2, 0) is 6.18 Å². The lowest BCUT2D eigenvalue weighted by atomic mass is 10.1. The third kappa shape index (κ3) is 7.65. The van der Waals surface area contributed by atoms with Crippen molar-refractivity contribution in [3.05, 3.63) is 53.3 Å². The van der Waals surface area contributed by atoms with Crippen molar-refractivity contribution in [2.24, 2.45) is 0 Å². The fourth-order valence-corrected chi connectivity index (χ4v) is 2.60. The predicted octanol–water partition coefficient (Wildman–Crippen LogP) is 6.30. The van der Waals surface area contributed by atoms with Crippen LogP contribution in [0.25, 0.3) is 0 Å². The van der Waals surface area contributed by atoms with Crippen LogP contribution in [-0.4, -0.2) is 23.8 Å². The monoisotopic (exact) mass is 453 g/mol. The molecule has 2 aromatic rings. The number of rotatable bonds is 8. The number of aromatic hydroxyl groups is 1. The molecule has 0 radical (unpaired) electrons. The van der Waals surface area contributed by atoms with Gasteiger partial charge in [-0.3, -0.25) is 4.79 Å². The minimum atomic E-state index is -4.73. The number of halogens is 7. The molecule has 0 saturated heterocycles. The van der Waals surface area contributed by atoms with Gasteiger partial charge in [0.15, 0.2) is 0 Å². The second-order valence-corrected chi connectivity index (χ2v) is 6.60. The Hall–Kier alpha value is -2.98. The van der Waals surface area contributed by atoms with Gasteiger partial charge in [0.2, 0.25) is 0 Å². The van der Waals surface area contributed by atoms with Crippen molar-refractivity contribution >= 4 is 11.6 Å². The van der Waals surface area contributed by atoms with Gasteiger partial charge in [0, 0.05) is 6.42 Å². The molecule has 0 aliphatic heterocycles. The normalized spacial score (nSPS) is 12.0. The molecule has 2 N–H and O–H groups in total. The quantitative estimate of drug-likeness (QED) is 0.364. The molecule has 170 valence electrons. The maximum atomic E-state index is 13.4. The summed E-state index contributed by atoms with van der Waals surface area (Å²) in [4.78, 5) is 12.3. The molecule has 2 rings (SSSR count). The molecule has 0 aliphatic carbocycles. The van der Waals surface area contributed by atoms with Gasteiger partial charge in [0.25, 0.3) is 5.91 Å². The molecule has 1 amide bonds. The molecule has 0 bridgehead atoms. The van der Waals surface area contributed by atoms with Crippen LogP contribution >= 0.6 is 0 Å². The number of nitrogens with one attached hydrogen (secondary N) is 1. The first-order valence-corrected chi connectivity index (χ1v) is 9.07. The number of phenols is 1. The van der Waals surface area contributed by atoms with Crippen molar-refractivity contribution in [3.63, 3.8) is 0 Å². The van der Waals surface area contributed by atoms with E-state index in [4.69, 9.17) is 4.74 Å². The van der Waals surface area contributed by atoms with Crippen molar-refractivity contribution in [3.8, 4) is 11.5 Å². The van der Waals surface area contributed by atoms with Gasteiger partial charge in [-0.25, -0.2) is 4.39 Å². The molecular formula is C20H18F7NO3. The summed E-state index contributed by atoms with van der Waals surface area (Å²) in [5.41, 5.74) is -1.99. The van der Waals surface area contributed by atoms with E-state index in [1.54, 1.807) is 0 Å². The molecule has 0 atom stereocenters. The van der Waals surface area contributed by atoms with Crippen molar-refractivity contribution in [2.45, 2.75) is 38.0 Å². The average Bonchev–Trinajstić information content (AvgIpc) is 2.65. The molecule has 0 fully saturated rings. The molecule has 4 nitrogen and oxygen atoms in total. The lowest BCUT2D eigenvalue weighted by molar-refractivity contribution is -0.137. The Kier molecular flexibility index (Phi) is 7.75. The lowest BCUT2D eigenvalue weighted by Gasteiger charge is -2.16. The minimum absolute atomic E-state index is 0.0999. The third-order valence-electron chi connectivity index (χ3n) is 4.12. The number of anilines is 1. The summed E-state index contributed by atoms with van der Waals surface area (Å²) in [6, 6.07) is 4.79. The highest BCUT2D eigenvalue weighted by atomic mass is 19.4. The van der Waals surface area contributed by atoms with Gasteiger partial charge < -0.3 is 15.2 Å². The molecule has 0 unspecified atom stereocenters. The van der Waals surface area contributed by atoms with Crippen LogP contribution in [0.5, 0.6) is 11.5 Å². The van der Waals surface area contributed by atoms with Crippen LogP contribution in [0.2, 0.25) is 0 Å². The molecule has 11 heteroatoms. The second-order valence-electron chi connectivity index (χ2n) is 6.60. The van der Waals surface area contributed by atoms with Crippen LogP contribution < -0.4 is 10.1 Å².